The van der Waals surface area contributed by atoms with Crippen molar-refractivity contribution in [2.45, 2.75) is 38.0 Å². The van der Waals surface area contributed by atoms with Gasteiger partial charge in [0.1, 0.15) is 11.5 Å². The Kier molecular flexibility index (Phi) is 8.84. The molecular weight excluding hydrogens is 516 g/mol. The summed E-state index contributed by atoms with van der Waals surface area (Å²) in [5.74, 6) is 0.226. The molecule has 7 nitrogen and oxygen atoms in total. The van der Waals surface area contributed by atoms with Crippen molar-refractivity contribution in [2.24, 2.45) is 0 Å². The van der Waals surface area contributed by atoms with Crippen LogP contribution in [0.3, 0.4) is 0 Å². The van der Waals surface area contributed by atoms with Gasteiger partial charge in [-0.25, -0.2) is 9.59 Å². The minimum Gasteiger partial charge on any atom is -0.494 e. The highest BCUT2D eigenvalue weighted by molar-refractivity contribution is 5.80. The molecule has 0 fully saturated rings. The van der Waals surface area contributed by atoms with Crippen LogP contribution in [0.15, 0.2) is 109 Å². The van der Waals surface area contributed by atoms with Gasteiger partial charge in [-0.1, -0.05) is 84.9 Å². The molecule has 1 aliphatic rings. The molecule has 1 aliphatic carbocycles. The molecule has 0 spiro atoms. The Morgan fingerprint density at radius 1 is 0.780 bits per heavy atom. The van der Waals surface area contributed by atoms with E-state index < -0.39 is 11.6 Å². The zero-order chi connectivity index (χ0) is 28.5. The monoisotopic (exact) mass is 550 g/mol. The number of benzene rings is 4. The van der Waals surface area contributed by atoms with E-state index in [1.165, 1.54) is 0 Å². The summed E-state index contributed by atoms with van der Waals surface area (Å²) in [6.07, 6.45) is 1.19. The first-order chi connectivity index (χ1) is 20.0. The van der Waals surface area contributed by atoms with Gasteiger partial charge in [-0.05, 0) is 52.9 Å². The van der Waals surface area contributed by atoms with Gasteiger partial charge in [0.25, 0.3) is 0 Å². The van der Waals surface area contributed by atoms with Gasteiger partial charge in [0.05, 0.1) is 6.61 Å². The van der Waals surface area contributed by atoms with Crippen LogP contribution in [0.2, 0.25) is 0 Å². The third-order valence-corrected chi connectivity index (χ3v) is 7.21. The molecule has 0 aromatic heterocycles. The number of hydrogen-bond acceptors (Lipinski definition) is 4. The quantitative estimate of drug-likeness (QED) is 0.216. The van der Waals surface area contributed by atoms with Crippen molar-refractivity contribution in [3.05, 3.63) is 131 Å². The van der Waals surface area contributed by atoms with Crippen LogP contribution in [0.25, 0.3) is 0 Å². The standard InChI is InChI=1S/C34H34N2O5/c37-32(38)34(41-30-15-8-3-9-16-30)22-28-17-18-31(21-29(28)23-34)40-20-10-19-36(25-27-13-6-2-7-14-27)33(39)35-24-26-11-4-1-5-12-26/h1-9,11-18,21H,10,19-20,22-25H2,(H,35,39)(H,37,38)/t34-/m1/s1. The van der Waals surface area contributed by atoms with E-state index in [2.05, 4.69) is 5.32 Å². The number of rotatable bonds is 12. The molecule has 4 aromatic carbocycles. The number of ether oxygens (including phenoxy) is 2. The Morgan fingerprint density at radius 3 is 2.10 bits per heavy atom. The number of carbonyl (C=O) groups is 2. The maximum absolute atomic E-state index is 13.1. The number of fused-ring (bicyclic) bond motifs is 1. The van der Waals surface area contributed by atoms with E-state index >= 15 is 0 Å². The lowest BCUT2D eigenvalue weighted by atomic mass is 10.0. The molecule has 2 amide bonds. The van der Waals surface area contributed by atoms with Gasteiger partial charge in [0.15, 0.2) is 0 Å². The van der Waals surface area contributed by atoms with Crippen molar-refractivity contribution in [3.63, 3.8) is 0 Å². The van der Waals surface area contributed by atoms with Crippen LogP contribution in [0.4, 0.5) is 4.79 Å². The minimum atomic E-state index is -1.34. The van der Waals surface area contributed by atoms with Gasteiger partial charge in [-0.2, -0.15) is 0 Å². The van der Waals surface area contributed by atoms with Crippen LogP contribution in [-0.2, 0) is 30.7 Å². The second-order valence-electron chi connectivity index (χ2n) is 10.3. The molecule has 4 aromatic rings. The second-order valence-corrected chi connectivity index (χ2v) is 10.3. The van der Waals surface area contributed by atoms with Crippen molar-refractivity contribution in [3.8, 4) is 11.5 Å². The number of carbonyl (C=O) groups excluding carboxylic acids is 1. The lowest BCUT2D eigenvalue weighted by molar-refractivity contribution is -0.154. The largest absolute Gasteiger partial charge is 0.494 e. The summed E-state index contributed by atoms with van der Waals surface area (Å²) >= 11 is 0. The summed E-state index contributed by atoms with van der Waals surface area (Å²) in [7, 11) is 0. The predicted molar refractivity (Wildman–Crippen MR) is 157 cm³/mol. The third-order valence-electron chi connectivity index (χ3n) is 7.21. The van der Waals surface area contributed by atoms with Crippen LogP contribution in [-0.4, -0.2) is 40.8 Å². The van der Waals surface area contributed by atoms with E-state index in [0.717, 1.165) is 22.3 Å². The van der Waals surface area contributed by atoms with E-state index in [9.17, 15) is 14.7 Å². The lowest BCUT2D eigenvalue weighted by Gasteiger charge is -2.25. The first-order valence-electron chi connectivity index (χ1n) is 13.8. The van der Waals surface area contributed by atoms with Gasteiger partial charge in [-0.3, -0.25) is 0 Å². The number of urea groups is 1. The molecule has 0 heterocycles. The Bertz CT molecular complexity index is 1450. The fourth-order valence-corrected chi connectivity index (χ4v) is 5.08. The average molecular weight is 551 g/mol. The highest BCUT2D eigenvalue weighted by Crippen LogP contribution is 2.36. The van der Waals surface area contributed by atoms with Crippen LogP contribution in [0.1, 0.15) is 28.7 Å². The van der Waals surface area contributed by atoms with Crippen molar-refractivity contribution in [1.82, 2.24) is 10.2 Å². The molecule has 5 rings (SSSR count). The third kappa shape index (κ3) is 7.25. The number of nitrogens with one attached hydrogen (secondary N) is 1. The Balaban J connectivity index is 1.17. The molecule has 210 valence electrons. The zero-order valence-corrected chi connectivity index (χ0v) is 22.9. The lowest BCUT2D eigenvalue weighted by Crippen LogP contribution is -2.45. The van der Waals surface area contributed by atoms with Crippen LogP contribution < -0.4 is 14.8 Å². The van der Waals surface area contributed by atoms with Crippen LogP contribution in [0, 0.1) is 0 Å². The first kappa shape index (κ1) is 27.8. The van der Waals surface area contributed by atoms with Gasteiger partial charge in [-0.15, -0.1) is 0 Å². The molecule has 41 heavy (non-hydrogen) atoms. The highest BCUT2D eigenvalue weighted by atomic mass is 16.5. The molecule has 0 saturated heterocycles. The van der Waals surface area contributed by atoms with Crippen molar-refractivity contribution < 1.29 is 24.2 Å². The molecule has 0 radical (unpaired) electrons. The summed E-state index contributed by atoms with van der Waals surface area (Å²) in [6.45, 7) is 1.90. The topological polar surface area (TPSA) is 88.1 Å². The normalized spacial score (nSPS) is 15.5. The van der Waals surface area contributed by atoms with E-state index in [0.29, 0.717) is 50.6 Å². The molecule has 0 bridgehead atoms. The van der Waals surface area contributed by atoms with E-state index in [1.54, 1.807) is 17.0 Å². The highest BCUT2D eigenvalue weighted by Gasteiger charge is 2.46. The smallest absolute Gasteiger partial charge is 0.348 e. The van der Waals surface area contributed by atoms with Crippen molar-refractivity contribution in [2.75, 3.05) is 13.2 Å². The van der Waals surface area contributed by atoms with Crippen LogP contribution in [0.5, 0.6) is 11.5 Å². The zero-order valence-electron chi connectivity index (χ0n) is 22.9. The Hall–Kier alpha value is -4.78. The van der Waals surface area contributed by atoms with Gasteiger partial charge in [0, 0.05) is 32.5 Å². The number of amides is 2. The number of nitrogens with zero attached hydrogens (tertiary/aromatic N) is 1. The van der Waals surface area contributed by atoms with Crippen molar-refractivity contribution >= 4 is 12.0 Å². The maximum atomic E-state index is 13.1. The molecule has 0 saturated carbocycles. The molecule has 0 unspecified atom stereocenters. The Morgan fingerprint density at radius 2 is 1.41 bits per heavy atom. The van der Waals surface area contributed by atoms with Crippen LogP contribution >= 0.6 is 0 Å². The number of hydrogen-bond donors (Lipinski definition) is 2. The summed E-state index contributed by atoms with van der Waals surface area (Å²) in [4.78, 5) is 27.1. The SMILES string of the molecule is O=C(NCc1ccccc1)N(CCCOc1ccc2c(c1)C[C@@](Oc1ccccc1)(C(=O)O)C2)Cc1ccccc1. The van der Waals surface area contributed by atoms with E-state index in [-0.39, 0.29) is 12.5 Å². The molecular formula is C34H34N2O5. The summed E-state index contributed by atoms with van der Waals surface area (Å²) in [5, 5.41) is 13.1. The summed E-state index contributed by atoms with van der Waals surface area (Å²) in [5.41, 5.74) is 2.61. The molecule has 0 aliphatic heterocycles. The van der Waals surface area contributed by atoms with Gasteiger partial charge >= 0.3 is 12.0 Å². The van der Waals surface area contributed by atoms with Crippen molar-refractivity contribution in [1.29, 1.82) is 0 Å². The number of carboxylic acids is 1. The molecule has 2 N–H and O–H groups in total. The van der Waals surface area contributed by atoms with Gasteiger partial charge < -0.3 is 24.8 Å². The second kappa shape index (κ2) is 13.0. The number of aliphatic carboxylic acids is 1. The molecule has 7 heteroatoms. The van der Waals surface area contributed by atoms with E-state index in [4.69, 9.17) is 9.47 Å². The fourth-order valence-electron chi connectivity index (χ4n) is 5.08. The summed E-state index contributed by atoms with van der Waals surface area (Å²) < 4.78 is 12.0. The van der Waals surface area contributed by atoms with Gasteiger partial charge in [0.2, 0.25) is 5.60 Å². The molecule has 1 atom stereocenters. The summed E-state index contributed by atoms with van der Waals surface area (Å²) in [6, 6.07) is 34.4. The Labute approximate surface area is 240 Å². The number of para-hydroxylation sites is 1. The fraction of sp³-hybridized carbons (Fsp3) is 0.235. The maximum Gasteiger partial charge on any atom is 0.348 e. The number of carboxylic acid groups (broad SMARTS) is 1. The minimum absolute atomic E-state index is 0.126. The average Bonchev–Trinajstić information content (AvgIpc) is 3.38. The van der Waals surface area contributed by atoms with E-state index in [1.807, 2.05) is 97.1 Å². The predicted octanol–water partition coefficient (Wildman–Crippen LogP) is 5.87. The first-order valence-corrected chi connectivity index (χ1v) is 13.8.